The summed E-state index contributed by atoms with van der Waals surface area (Å²) in [4.78, 5) is 35.4. The molecular weight excluding hydrogens is 210 g/mol. The van der Waals surface area contributed by atoms with Crippen LogP contribution in [0.4, 0.5) is 0 Å². The Bertz CT molecular complexity index is 332. The van der Waals surface area contributed by atoms with Crippen molar-refractivity contribution in [1.82, 2.24) is 4.90 Å². The fourth-order valence-electron chi connectivity index (χ4n) is 2.42. The lowest BCUT2D eigenvalue weighted by Crippen LogP contribution is -2.43. The van der Waals surface area contributed by atoms with Gasteiger partial charge in [-0.25, -0.2) is 0 Å². The Labute approximate surface area is 93.4 Å². The van der Waals surface area contributed by atoms with E-state index >= 15 is 0 Å². The van der Waals surface area contributed by atoms with E-state index in [1.165, 1.54) is 4.90 Å². The molecule has 3 atom stereocenters. The van der Waals surface area contributed by atoms with E-state index in [2.05, 4.69) is 0 Å². The van der Waals surface area contributed by atoms with Crippen LogP contribution in [0.5, 0.6) is 0 Å². The van der Waals surface area contributed by atoms with Crippen molar-refractivity contribution in [3.8, 4) is 0 Å². The summed E-state index contributed by atoms with van der Waals surface area (Å²) in [6.45, 7) is 1.92. The molecule has 2 aliphatic rings. The zero-order valence-corrected chi connectivity index (χ0v) is 9.18. The van der Waals surface area contributed by atoms with Crippen molar-refractivity contribution in [2.45, 2.75) is 38.6 Å². The van der Waals surface area contributed by atoms with Crippen LogP contribution in [0.1, 0.15) is 32.6 Å². The van der Waals surface area contributed by atoms with Gasteiger partial charge in [-0.15, -0.1) is 0 Å². The number of piperidine rings is 1. The minimum atomic E-state index is -0.959. The molecule has 5 nitrogen and oxygen atoms in total. The van der Waals surface area contributed by atoms with Crippen molar-refractivity contribution in [2.75, 3.05) is 0 Å². The van der Waals surface area contributed by atoms with Crippen molar-refractivity contribution in [2.24, 2.45) is 11.8 Å². The van der Waals surface area contributed by atoms with Crippen LogP contribution in [0.3, 0.4) is 0 Å². The first-order valence-corrected chi connectivity index (χ1v) is 5.65. The summed E-state index contributed by atoms with van der Waals surface area (Å²) in [6.07, 6.45) is 1.87. The highest BCUT2D eigenvalue weighted by molar-refractivity contribution is 6.09. The number of carbonyl (C=O) groups excluding carboxylic acids is 2. The number of likely N-dealkylation sites (tertiary alicyclic amines) is 1. The second-order valence-corrected chi connectivity index (χ2v) is 4.54. The van der Waals surface area contributed by atoms with Gasteiger partial charge in [0.25, 0.3) is 0 Å². The van der Waals surface area contributed by atoms with Crippen molar-refractivity contribution < 1.29 is 19.5 Å². The highest BCUT2D eigenvalue weighted by atomic mass is 16.4. The largest absolute Gasteiger partial charge is 0.481 e. The topological polar surface area (TPSA) is 74.7 Å². The molecule has 2 rings (SSSR count). The van der Waals surface area contributed by atoms with Crippen molar-refractivity contribution in [3.05, 3.63) is 0 Å². The summed E-state index contributed by atoms with van der Waals surface area (Å²) in [5.74, 6) is -1.55. The van der Waals surface area contributed by atoms with E-state index in [4.69, 9.17) is 5.11 Å². The monoisotopic (exact) mass is 225 g/mol. The Hall–Kier alpha value is -1.39. The van der Waals surface area contributed by atoms with Crippen LogP contribution >= 0.6 is 0 Å². The molecule has 1 N–H and O–H groups in total. The average Bonchev–Trinajstić information content (AvgIpc) is 2.91. The fraction of sp³-hybridized carbons (Fsp3) is 0.727. The van der Waals surface area contributed by atoms with E-state index < -0.39 is 12.0 Å². The van der Waals surface area contributed by atoms with Crippen molar-refractivity contribution in [1.29, 1.82) is 0 Å². The Morgan fingerprint density at radius 3 is 2.44 bits per heavy atom. The molecule has 5 heteroatoms. The van der Waals surface area contributed by atoms with Crippen molar-refractivity contribution in [3.63, 3.8) is 0 Å². The third-order valence-corrected chi connectivity index (χ3v) is 3.30. The lowest BCUT2D eigenvalue weighted by molar-refractivity contribution is -0.146. The Kier molecular flexibility index (Phi) is 2.69. The molecule has 0 aromatic carbocycles. The molecule has 2 fully saturated rings. The van der Waals surface area contributed by atoms with Gasteiger partial charge in [-0.2, -0.15) is 0 Å². The second kappa shape index (κ2) is 3.88. The fourth-order valence-corrected chi connectivity index (χ4v) is 2.42. The Morgan fingerprint density at radius 1 is 1.44 bits per heavy atom. The Morgan fingerprint density at radius 2 is 2.00 bits per heavy atom. The molecule has 1 aliphatic carbocycles. The van der Waals surface area contributed by atoms with E-state index in [1.807, 2.05) is 6.92 Å². The molecule has 1 aliphatic heterocycles. The third-order valence-electron chi connectivity index (χ3n) is 3.30. The van der Waals surface area contributed by atoms with E-state index in [0.717, 1.165) is 6.42 Å². The number of hydrogen-bond donors (Lipinski definition) is 1. The summed E-state index contributed by atoms with van der Waals surface area (Å²) in [7, 11) is 0. The maximum absolute atomic E-state index is 11.8. The van der Waals surface area contributed by atoms with Crippen LogP contribution in [-0.2, 0) is 14.4 Å². The number of rotatable bonds is 5. The van der Waals surface area contributed by atoms with Crippen LogP contribution in [0.2, 0.25) is 0 Å². The normalized spacial score (nSPS) is 29.2. The zero-order valence-electron chi connectivity index (χ0n) is 9.18. The number of carboxylic acid groups (broad SMARTS) is 1. The van der Waals surface area contributed by atoms with Crippen LogP contribution < -0.4 is 0 Å². The molecule has 1 saturated carbocycles. The summed E-state index contributed by atoms with van der Waals surface area (Å²) in [6, 6.07) is -0.449. The van der Waals surface area contributed by atoms with Gasteiger partial charge in [-0.1, -0.05) is 13.3 Å². The number of imide groups is 1. The molecule has 3 unspecified atom stereocenters. The van der Waals surface area contributed by atoms with Gasteiger partial charge in [0.2, 0.25) is 11.8 Å². The quantitative estimate of drug-likeness (QED) is 0.696. The van der Waals surface area contributed by atoms with E-state index in [0.29, 0.717) is 12.8 Å². The summed E-state index contributed by atoms with van der Waals surface area (Å²) in [5, 5.41) is 8.77. The van der Waals surface area contributed by atoms with Gasteiger partial charge < -0.3 is 5.11 Å². The van der Waals surface area contributed by atoms with Crippen LogP contribution in [-0.4, -0.2) is 33.8 Å². The van der Waals surface area contributed by atoms with E-state index in [9.17, 15) is 14.4 Å². The molecule has 0 aromatic heterocycles. The van der Waals surface area contributed by atoms with Gasteiger partial charge in [-0.05, 0) is 12.8 Å². The lowest BCUT2D eigenvalue weighted by Gasteiger charge is -2.26. The number of carboxylic acids is 1. The first-order valence-electron chi connectivity index (χ1n) is 5.65. The molecule has 0 spiro atoms. The molecule has 0 aromatic rings. The maximum Gasteiger partial charge on any atom is 0.305 e. The molecule has 1 saturated heterocycles. The predicted octanol–water partition coefficient (Wildman–Crippen LogP) is 0.635. The molecule has 1 heterocycles. The SMILES string of the molecule is CCCC(CC(=O)O)N1C(=O)C2CC2C1=O. The number of nitrogens with zero attached hydrogens (tertiary/aromatic N) is 1. The first kappa shape index (κ1) is 11.1. The number of amides is 2. The summed E-state index contributed by atoms with van der Waals surface area (Å²) < 4.78 is 0. The standard InChI is InChI=1S/C11H15NO4/c1-2-3-6(4-9(13)14)12-10(15)7-5-8(7)11(12)16/h6-8H,2-5H2,1H3,(H,13,14). The average molecular weight is 225 g/mol. The maximum atomic E-state index is 11.8. The van der Waals surface area contributed by atoms with Crippen molar-refractivity contribution >= 4 is 17.8 Å². The lowest BCUT2D eigenvalue weighted by atomic mass is 10.1. The van der Waals surface area contributed by atoms with Crippen LogP contribution in [0.25, 0.3) is 0 Å². The molecule has 0 radical (unpaired) electrons. The molecule has 16 heavy (non-hydrogen) atoms. The van der Waals surface area contributed by atoms with Gasteiger partial charge in [-0.3, -0.25) is 19.3 Å². The minimum Gasteiger partial charge on any atom is -0.481 e. The first-order chi connectivity index (χ1) is 7.56. The van der Waals surface area contributed by atoms with Gasteiger partial charge in [0.1, 0.15) is 0 Å². The summed E-state index contributed by atoms with van der Waals surface area (Å²) >= 11 is 0. The van der Waals surface area contributed by atoms with Gasteiger partial charge >= 0.3 is 5.97 Å². The van der Waals surface area contributed by atoms with Crippen LogP contribution in [0.15, 0.2) is 0 Å². The summed E-state index contributed by atoms with van der Waals surface area (Å²) in [5.41, 5.74) is 0. The molecule has 88 valence electrons. The Balaban J connectivity index is 2.10. The number of fused-ring (bicyclic) bond motifs is 1. The smallest absolute Gasteiger partial charge is 0.305 e. The zero-order chi connectivity index (χ0) is 11.9. The predicted molar refractivity (Wildman–Crippen MR) is 54.4 cm³/mol. The van der Waals surface area contributed by atoms with Crippen LogP contribution in [0, 0.1) is 11.8 Å². The number of hydrogen-bond acceptors (Lipinski definition) is 3. The third kappa shape index (κ3) is 1.70. The highest BCUT2D eigenvalue weighted by Crippen LogP contribution is 2.48. The van der Waals surface area contributed by atoms with E-state index in [1.54, 1.807) is 0 Å². The van der Waals surface area contributed by atoms with Gasteiger partial charge in [0, 0.05) is 0 Å². The highest BCUT2D eigenvalue weighted by Gasteiger charge is 2.60. The molecule has 2 amide bonds. The number of aliphatic carboxylic acids is 1. The second-order valence-electron chi connectivity index (χ2n) is 4.54. The molecule has 0 bridgehead atoms. The molecular formula is C11H15NO4. The number of carbonyl (C=O) groups is 3. The minimum absolute atomic E-state index is 0.134. The van der Waals surface area contributed by atoms with Gasteiger partial charge in [0.05, 0.1) is 24.3 Å². The van der Waals surface area contributed by atoms with E-state index in [-0.39, 0.29) is 30.1 Å². The van der Waals surface area contributed by atoms with Gasteiger partial charge in [0.15, 0.2) is 0 Å².